The van der Waals surface area contributed by atoms with Gasteiger partial charge >= 0.3 is 0 Å². The van der Waals surface area contributed by atoms with Crippen LogP contribution in [0.2, 0.25) is 10.0 Å². The molecule has 1 aromatic carbocycles. The molecule has 0 saturated carbocycles. The molecule has 0 unspecified atom stereocenters. The van der Waals surface area contributed by atoms with Crippen molar-refractivity contribution in [3.8, 4) is 11.3 Å². The van der Waals surface area contributed by atoms with Crippen LogP contribution < -0.4 is 5.32 Å². The van der Waals surface area contributed by atoms with Gasteiger partial charge in [0, 0.05) is 18.3 Å². The van der Waals surface area contributed by atoms with Gasteiger partial charge in [-0.15, -0.1) is 0 Å². The zero-order chi connectivity index (χ0) is 22.0. The van der Waals surface area contributed by atoms with E-state index in [9.17, 15) is 0 Å². The molecule has 0 radical (unpaired) electrons. The molecular formula is C23H24Cl2N4OS. The smallest absolute Gasteiger partial charge is 0.170 e. The van der Waals surface area contributed by atoms with Crippen molar-refractivity contribution in [2.24, 2.45) is 0 Å². The normalized spacial score (nSPS) is 18.6. The van der Waals surface area contributed by atoms with Gasteiger partial charge in [-0.2, -0.15) is 0 Å². The Bertz CT molecular complexity index is 1060. The number of aromatic nitrogens is 1. The molecule has 2 atom stereocenters. The minimum atomic E-state index is -0.0964. The average molecular weight is 475 g/mol. The summed E-state index contributed by atoms with van der Waals surface area (Å²) in [6, 6.07) is 15.2. The minimum Gasteiger partial charge on any atom is -0.459 e. The second-order valence-corrected chi connectivity index (χ2v) is 9.01. The van der Waals surface area contributed by atoms with E-state index in [1.807, 2.05) is 42.5 Å². The number of rotatable bonds is 7. The highest BCUT2D eigenvalue weighted by Gasteiger charge is 2.41. The molecule has 1 aliphatic rings. The Morgan fingerprint density at radius 2 is 1.97 bits per heavy atom. The number of hydrogen-bond donors (Lipinski definition) is 1. The predicted octanol–water partition coefficient (Wildman–Crippen LogP) is 5.57. The summed E-state index contributed by atoms with van der Waals surface area (Å²) in [5, 5.41) is 5.19. The monoisotopic (exact) mass is 474 g/mol. The van der Waals surface area contributed by atoms with E-state index < -0.39 is 0 Å². The van der Waals surface area contributed by atoms with Crippen LogP contribution in [0.25, 0.3) is 11.3 Å². The molecule has 0 aliphatic carbocycles. The third-order valence-corrected chi connectivity index (χ3v) is 6.42. The lowest BCUT2D eigenvalue weighted by Gasteiger charge is -2.26. The summed E-state index contributed by atoms with van der Waals surface area (Å²) < 4.78 is 6.33. The second-order valence-electron chi connectivity index (χ2n) is 7.81. The van der Waals surface area contributed by atoms with Gasteiger partial charge in [0.1, 0.15) is 17.6 Å². The van der Waals surface area contributed by atoms with Crippen molar-refractivity contribution in [2.75, 3.05) is 27.2 Å². The quantitative estimate of drug-likeness (QED) is 0.451. The third kappa shape index (κ3) is 4.88. The SMILES string of the molecule is CN(C)CCCN1C(=S)N[C@@H](c2ccccn2)[C@@H]1c1ccc(-c2ccc(Cl)c(Cl)c2)o1. The van der Waals surface area contributed by atoms with E-state index in [4.69, 9.17) is 39.8 Å². The standard InChI is InChI=1S/C23H24Cl2N4OS/c1-28(2)12-5-13-29-22(21(27-23(29)31)18-6-3-4-11-26-18)20-10-9-19(30-20)15-7-8-16(24)17(25)14-15/h3-4,6-11,14,21-22H,5,12-13H2,1-2H3,(H,27,31)/t21-,22-/m0/s1. The molecule has 8 heteroatoms. The molecule has 4 rings (SSSR count). The van der Waals surface area contributed by atoms with Crippen LogP contribution in [-0.2, 0) is 0 Å². The molecule has 1 aliphatic heterocycles. The number of furan rings is 1. The van der Waals surface area contributed by atoms with E-state index in [0.29, 0.717) is 15.2 Å². The van der Waals surface area contributed by atoms with Crippen LogP contribution in [0.15, 0.2) is 59.1 Å². The van der Waals surface area contributed by atoms with Gasteiger partial charge in [-0.05, 0) is 81.7 Å². The summed E-state index contributed by atoms with van der Waals surface area (Å²) in [7, 11) is 4.15. The van der Waals surface area contributed by atoms with Crippen LogP contribution in [0, 0.1) is 0 Å². The van der Waals surface area contributed by atoms with E-state index in [1.165, 1.54) is 0 Å². The summed E-state index contributed by atoms with van der Waals surface area (Å²) in [5.74, 6) is 1.56. The maximum absolute atomic E-state index is 6.33. The molecule has 3 aromatic rings. The maximum Gasteiger partial charge on any atom is 0.170 e. The number of benzene rings is 1. The Kier molecular flexibility index (Phi) is 6.82. The summed E-state index contributed by atoms with van der Waals surface area (Å²) in [5.41, 5.74) is 1.81. The van der Waals surface area contributed by atoms with Gasteiger partial charge in [0.2, 0.25) is 0 Å². The molecule has 1 N–H and O–H groups in total. The van der Waals surface area contributed by atoms with Crippen molar-refractivity contribution >= 4 is 40.5 Å². The molecular weight excluding hydrogens is 451 g/mol. The Balaban J connectivity index is 1.67. The summed E-state index contributed by atoms with van der Waals surface area (Å²) in [6.07, 6.45) is 2.79. The number of nitrogens with zero attached hydrogens (tertiary/aromatic N) is 3. The molecule has 2 aromatic heterocycles. The largest absolute Gasteiger partial charge is 0.459 e. The van der Waals surface area contributed by atoms with Crippen LogP contribution in [-0.4, -0.2) is 47.1 Å². The van der Waals surface area contributed by atoms with Crippen LogP contribution in [0.3, 0.4) is 0 Å². The first kappa shape index (κ1) is 22.1. The average Bonchev–Trinajstić information content (AvgIpc) is 3.35. The van der Waals surface area contributed by atoms with E-state index >= 15 is 0 Å². The highest BCUT2D eigenvalue weighted by molar-refractivity contribution is 7.80. The van der Waals surface area contributed by atoms with Crippen molar-refractivity contribution in [3.05, 3.63) is 76.2 Å². The van der Waals surface area contributed by atoms with E-state index in [1.54, 1.807) is 12.3 Å². The number of hydrogen-bond acceptors (Lipinski definition) is 4. The number of nitrogens with one attached hydrogen (secondary N) is 1. The molecule has 5 nitrogen and oxygen atoms in total. The molecule has 0 amide bonds. The predicted molar refractivity (Wildman–Crippen MR) is 129 cm³/mol. The van der Waals surface area contributed by atoms with Gasteiger partial charge < -0.3 is 19.5 Å². The van der Waals surface area contributed by atoms with E-state index in [-0.39, 0.29) is 12.1 Å². The number of pyridine rings is 1. The van der Waals surface area contributed by atoms with Crippen molar-refractivity contribution in [1.29, 1.82) is 0 Å². The van der Waals surface area contributed by atoms with Crippen molar-refractivity contribution in [2.45, 2.75) is 18.5 Å². The fourth-order valence-corrected chi connectivity index (χ4v) is 4.46. The van der Waals surface area contributed by atoms with Gasteiger partial charge in [-0.3, -0.25) is 4.98 Å². The molecule has 0 bridgehead atoms. The molecule has 1 saturated heterocycles. The molecule has 3 heterocycles. The summed E-state index contributed by atoms with van der Waals surface area (Å²) in [6.45, 7) is 1.80. The lowest BCUT2D eigenvalue weighted by molar-refractivity contribution is 0.261. The van der Waals surface area contributed by atoms with Crippen molar-refractivity contribution in [3.63, 3.8) is 0 Å². The molecule has 162 valence electrons. The van der Waals surface area contributed by atoms with Gasteiger partial charge in [0.15, 0.2) is 5.11 Å². The lowest BCUT2D eigenvalue weighted by atomic mass is 10.0. The fraction of sp³-hybridized carbons (Fsp3) is 0.304. The Morgan fingerprint density at radius 1 is 1.13 bits per heavy atom. The highest BCUT2D eigenvalue weighted by atomic mass is 35.5. The van der Waals surface area contributed by atoms with Crippen molar-refractivity contribution in [1.82, 2.24) is 20.1 Å². The van der Waals surface area contributed by atoms with Crippen LogP contribution in [0.4, 0.5) is 0 Å². The minimum absolute atomic E-state index is 0.0962. The van der Waals surface area contributed by atoms with Crippen LogP contribution >= 0.6 is 35.4 Å². The van der Waals surface area contributed by atoms with Gasteiger partial charge in [-0.1, -0.05) is 29.3 Å². The fourth-order valence-electron chi connectivity index (χ4n) is 3.83. The topological polar surface area (TPSA) is 44.5 Å². The van der Waals surface area contributed by atoms with E-state index in [0.717, 1.165) is 42.3 Å². The highest BCUT2D eigenvalue weighted by Crippen LogP contribution is 2.40. The molecule has 1 fully saturated rings. The summed E-state index contributed by atoms with van der Waals surface area (Å²) in [4.78, 5) is 8.95. The second kappa shape index (κ2) is 9.57. The Morgan fingerprint density at radius 3 is 2.68 bits per heavy atom. The maximum atomic E-state index is 6.33. The number of halogens is 2. The molecule has 31 heavy (non-hydrogen) atoms. The third-order valence-electron chi connectivity index (χ3n) is 5.32. The van der Waals surface area contributed by atoms with Crippen molar-refractivity contribution < 1.29 is 4.42 Å². The zero-order valence-corrected chi connectivity index (χ0v) is 19.7. The number of thiocarbonyl (C=S) groups is 1. The van der Waals surface area contributed by atoms with Gasteiger partial charge in [0.05, 0.1) is 21.8 Å². The van der Waals surface area contributed by atoms with Crippen LogP contribution in [0.1, 0.15) is 30.0 Å². The van der Waals surface area contributed by atoms with E-state index in [2.05, 4.69) is 34.2 Å². The first-order chi connectivity index (χ1) is 14.9. The first-order valence-electron chi connectivity index (χ1n) is 10.1. The van der Waals surface area contributed by atoms with Crippen LogP contribution in [0.5, 0.6) is 0 Å². The lowest BCUT2D eigenvalue weighted by Crippen LogP contribution is -2.32. The zero-order valence-electron chi connectivity index (χ0n) is 17.4. The Hall–Kier alpha value is -2.12. The Labute approximate surface area is 198 Å². The summed E-state index contributed by atoms with van der Waals surface area (Å²) >= 11 is 18.0. The first-order valence-corrected chi connectivity index (χ1v) is 11.3. The van der Waals surface area contributed by atoms with Gasteiger partial charge in [0.25, 0.3) is 0 Å². The molecule has 0 spiro atoms. The van der Waals surface area contributed by atoms with Gasteiger partial charge in [-0.25, -0.2) is 0 Å².